The number of nitrogens with one attached hydrogen (secondary N) is 1. The quantitative estimate of drug-likeness (QED) is 0.424. The number of esters is 1. The lowest BCUT2D eigenvalue weighted by Crippen LogP contribution is -2.38. The van der Waals surface area contributed by atoms with E-state index in [1.807, 2.05) is 0 Å². The van der Waals surface area contributed by atoms with Gasteiger partial charge in [-0.25, -0.2) is 0 Å². The first-order chi connectivity index (χ1) is 7.95. The van der Waals surface area contributed by atoms with E-state index in [1.54, 1.807) is 7.05 Å². The third-order valence-corrected chi connectivity index (χ3v) is 1.93. The van der Waals surface area contributed by atoms with Crippen molar-refractivity contribution in [1.82, 2.24) is 10.2 Å². The minimum atomic E-state index is -0.887. The van der Waals surface area contributed by atoms with E-state index in [9.17, 15) is 14.4 Å². The minimum Gasteiger partial charge on any atom is -0.481 e. The van der Waals surface area contributed by atoms with Gasteiger partial charge in [0.05, 0.1) is 20.2 Å². The topological polar surface area (TPSA) is 95.9 Å². The van der Waals surface area contributed by atoms with Gasteiger partial charge in [0, 0.05) is 13.0 Å². The Kier molecular flexibility index (Phi) is 7.70. The predicted molar refractivity (Wildman–Crippen MR) is 59.4 cm³/mol. The Bertz CT molecular complexity index is 280. The molecule has 0 aliphatic heterocycles. The maximum atomic E-state index is 11.3. The van der Waals surface area contributed by atoms with Gasteiger partial charge in [-0.3, -0.25) is 19.3 Å². The Morgan fingerprint density at radius 1 is 1.29 bits per heavy atom. The number of likely N-dealkylation sites (N-methyl/N-ethyl adjacent to an activating group) is 1. The number of carboxylic acids is 1. The molecule has 0 aromatic carbocycles. The summed E-state index contributed by atoms with van der Waals surface area (Å²) in [6, 6.07) is 0. The van der Waals surface area contributed by atoms with Gasteiger partial charge in [-0.15, -0.1) is 0 Å². The van der Waals surface area contributed by atoms with Crippen molar-refractivity contribution in [3.05, 3.63) is 0 Å². The zero-order valence-electron chi connectivity index (χ0n) is 10.1. The van der Waals surface area contributed by atoms with Crippen LogP contribution in [0.15, 0.2) is 0 Å². The summed E-state index contributed by atoms with van der Waals surface area (Å²) in [5.74, 6) is -1.55. The van der Waals surface area contributed by atoms with Gasteiger partial charge in [-0.05, 0) is 13.5 Å². The molecule has 98 valence electrons. The van der Waals surface area contributed by atoms with Crippen molar-refractivity contribution in [2.24, 2.45) is 0 Å². The fourth-order valence-electron chi connectivity index (χ4n) is 1.11. The van der Waals surface area contributed by atoms with Crippen LogP contribution in [-0.4, -0.2) is 61.6 Å². The number of hydrogen-bond donors (Lipinski definition) is 2. The molecule has 17 heavy (non-hydrogen) atoms. The number of carbonyl (C=O) groups excluding carboxylic acids is 2. The molecule has 0 aliphatic carbocycles. The third kappa shape index (κ3) is 9.31. The van der Waals surface area contributed by atoms with Crippen LogP contribution in [0.2, 0.25) is 0 Å². The number of rotatable bonds is 8. The summed E-state index contributed by atoms with van der Waals surface area (Å²) in [7, 11) is 2.90. The zero-order valence-corrected chi connectivity index (χ0v) is 10.1. The molecule has 0 radical (unpaired) electrons. The lowest BCUT2D eigenvalue weighted by atomic mass is 10.3. The van der Waals surface area contributed by atoms with Crippen LogP contribution < -0.4 is 5.32 Å². The molecule has 0 saturated heterocycles. The van der Waals surface area contributed by atoms with Crippen LogP contribution in [0.1, 0.15) is 12.8 Å². The van der Waals surface area contributed by atoms with Crippen LogP contribution in [-0.2, 0) is 19.1 Å². The highest BCUT2D eigenvalue weighted by atomic mass is 16.5. The largest absolute Gasteiger partial charge is 0.481 e. The predicted octanol–water partition coefficient (Wildman–Crippen LogP) is -0.928. The first kappa shape index (κ1) is 15.4. The first-order valence-electron chi connectivity index (χ1n) is 5.19. The molecule has 0 unspecified atom stereocenters. The monoisotopic (exact) mass is 246 g/mol. The molecular weight excluding hydrogens is 228 g/mol. The summed E-state index contributed by atoms with van der Waals surface area (Å²) < 4.78 is 4.45. The van der Waals surface area contributed by atoms with E-state index in [2.05, 4.69) is 10.1 Å². The highest BCUT2D eigenvalue weighted by Gasteiger charge is 2.10. The van der Waals surface area contributed by atoms with Crippen LogP contribution in [0.5, 0.6) is 0 Å². The third-order valence-electron chi connectivity index (χ3n) is 1.93. The van der Waals surface area contributed by atoms with Gasteiger partial charge < -0.3 is 15.2 Å². The molecule has 1 amide bonds. The highest BCUT2D eigenvalue weighted by molar-refractivity contribution is 5.79. The van der Waals surface area contributed by atoms with E-state index in [-0.39, 0.29) is 25.4 Å². The lowest BCUT2D eigenvalue weighted by molar-refractivity contribution is -0.142. The van der Waals surface area contributed by atoms with Gasteiger partial charge in [-0.1, -0.05) is 0 Å². The van der Waals surface area contributed by atoms with Gasteiger partial charge in [0.2, 0.25) is 5.91 Å². The fourth-order valence-corrected chi connectivity index (χ4v) is 1.11. The van der Waals surface area contributed by atoms with E-state index in [0.29, 0.717) is 13.0 Å². The van der Waals surface area contributed by atoms with Crippen LogP contribution in [0.25, 0.3) is 0 Å². The molecule has 0 saturated carbocycles. The molecule has 0 fully saturated rings. The van der Waals surface area contributed by atoms with Crippen molar-refractivity contribution in [3.8, 4) is 0 Å². The number of aliphatic carboxylic acids is 1. The summed E-state index contributed by atoms with van der Waals surface area (Å²) in [6.45, 7) is 0.429. The van der Waals surface area contributed by atoms with E-state index in [0.717, 1.165) is 0 Å². The van der Waals surface area contributed by atoms with E-state index >= 15 is 0 Å². The number of carbonyl (C=O) groups is 3. The van der Waals surface area contributed by atoms with Crippen LogP contribution in [0, 0.1) is 0 Å². The lowest BCUT2D eigenvalue weighted by Gasteiger charge is -2.14. The van der Waals surface area contributed by atoms with Crippen molar-refractivity contribution in [3.63, 3.8) is 0 Å². The van der Waals surface area contributed by atoms with Gasteiger partial charge >= 0.3 is 11.9 Å². The molecule has 0 spiro atoms. The first-order valence-corrected chi connectivity index (χ1v) is 5.19. The average molecular weight is 246 g/mol. The number of nitrogens with zero attached hydrogens (tertiary/aromatic N) is 1. The SMILES string of the molecule is COC(=O)CN(C)CC(=O)NCCCC(=O)O. The van der Waals surface area contributed by atoms with E-state index in [4.69, 9.17) is 5.11 Å². The number of methoxy groups -OCH3 is 1. The number of carboxylic acid groups (broad SMARTS) is 1. The fraction of sp³-hybridized carbons (Fsp3) is 0.700. The second-order valence-corrected chi connectivity index (χ2v) is 3.60. The molecule has 7 nitrogen and oxygen atoms in total. The molecular formula is C10H18N2O5. The van der Waals surface area contributed by atoms with Crippen LogP contribution in [0.3, 0.4) is 0 Å². The Morgan fingerprint density at radius 3 is 2.47 bits per heavy atom. The van der Waals surface area contributed by atoms with E-state index < -0.39 is 11.9 Å². The molecule has 0 heterocycles. The molecule has 0 rings (SSSR count). The maximum Gasteiger partial charge on any atom is 0.319 e. The smallest absolute Gasteiger partial charge is 0.319 e. The molecule has 0 aliphatic rings. The standard InChI is InChI=1S/C10H18N2O5/c1-12(7-10(16)17-2)6-8(13)11-5-3-4-9(14)15/h3-7H2,1-2H3,(H,11,13)(H,14,15). The Labute approximate surface area is 99.7 Å². The molecule has 7 heteroatoms. The van der Waals surface area contributed by atoms with Gasteiger partial charge in [-0.2, -0.15) is 0 Å². The second kappa shape index (κ2) is 8.51. The van der Waals surface area contributed by atoms with Crippen molar-refractivity contribution < 1.29 is 24.2 Å². The molecule has 0 bridgehead atoms. The average Bonchev–Trinajstić information content (AvgIpc) is 2.23. The molecule has 2 N–H and O–H groups in total. The number of hydrogen-bond acceptors (Lipinski definition) is 5. The Morgan fingerprint density at radius 2 is 1.94 bits per heavy atom. The van der Waals surface area contributed by atoms with Gasteiger partial charge in [0.1, 0.15) is 0 Å². The summed E-state index contributed by atoms with van der Waals surface area (Å²) in [4.78, 5) is 33.9. The summed E-state index contributed by atoms with van der Waals surface area (Å²) >= 11 is 0. The minimum absolute atomic E-state index is 0.0261. The Hall–Kier alpha value is -1.63. The van der Waals surface area contributed by atoms with E-state index in [1.165, 1.54) is 12.0 Å². The molecule has 0 aromatic rings. The van der Waals surface area contributed by atoms with Crippen molar-refractivity contribution in [2.75, 3.05) is 33.8 Å². The van der Waals surface area contributed by atoms with Crippen molar-refractivity contribution in [2.45, 2.75) is 12.8 Å². The van der Waals surface area contributed by atoms with Crippen LogP contribution in [0.4, 0.5) is 0 Å². The van der Waals surface area contributed by atoms with Gasteiger partial charge in [0.25, 0.3) is 0 Å². The van der Waals surface area contributed by atoms with Crippen LogP contribution >= 0.6 is 0 Å². The highest BCUT2D eigenvalue weighted by Crippen LogP contribution is 1.88. The van der Waals surface area contributed by atoms with Gasteiger partial charge in [0.15, 0.2) is 0 Å². The molecule has 0 aromatic heterocycles. The summed E-state index contributed by atoms with van der Waals surface area (Å²) in [6.07, 6.45) is 0.417. The number of amides is 1. The Balaban J connectivity index is 3.64. The van der Waals surface area contributed by atoms with Crippen molar-refractivity contribution in [1.29, 1.82) is 0 Å². The number of ether oxygens (including phenoxy) is 1. The van der Waals surface area contributed by atoms with Crippen molar-refractivity contribution >= 4 is 17.8 Å². The zero-order chi connectivity index (χ0) is 13.3. The summed E-state index contributed by atoms with van der Waals surface area (Å²) in [5.41, 5.74) is 0. The maximum absolute atomic E-state index is 11.3. The second-order valence-electron chi connectivity index (χ2n) is 3.60. The summed E-state index contributed by atoms with van der Waals surface area (Å²) in [5, 5.41) is 10.9. The molecule has 0 atom stereocenters. The normalized spacial score (nSPS) is 10.1.